The van der Waals surface area contributed by atoms with E-state index in [1.165, 1.54) is 0 Å². The first-order valence-corrected chi connectivity index (χ1v) is 11.0. The first kappa shape index (κ1) is 22.7. The summed E-state index contributed by atoms with van der Waals surface area (Å²) in [5.74, 6) is 1.76. The summed E-state index contributed by atoms with van der Waals surface area (Å²) < 4.78 is 17.6. The van der Waals surface area contributed by atoms with Crippen LogP contribution in [0.1, 0.15) is 12.5 Å². The van der Waals surface area contributed by atoms with E-state index in [-0.39, 0.29) is 12.5 Å². The van der Waals surface area contributed by atoms with Crippen LogP contribution in [0.15, 0.2) is 66.7 Å². The highest BCUT2D eigenvalue weighted by atomic mass is 127. The van der Waals surface area contributed by atoms with Gasteiger partial charge in [0.05, 0.1) is 17.3 Å². The van der Waals surface area contributed by atoms with Crippen molar-refractivity contribution < 1.29 is 19.0 Å². The van der Waals surface area contributed by atoms with Gasteiger partial charge >= 0.3 is 0 Å². The summed E-state index contributed by atoms with van der Waals surface area (Å²) in [5.41, 5.74) is 2.76. The number of amides is 1. The van der Waals surface area contributed by atoms with Crippen LogP contribution >= 0.6 is 22.6 Å². The molecule has 0 aliphatic rings. The van der Waals surface area contributed by atoms with Crippen molar-refractivity contribution in [2.75, 3.05) is 31.0 Å². The Labute approximate surface area is 196 Å². The number of halogens is 1. The van der Waals surface area contributed by atoms with Gasteiger partial charge in [-0.05, 0) is 83.6 Å². The molecule has 7 heteroatoms. The fourth-order valence-corrected chi connectivity index (χ4v) is 3.73. The van der Waals surface area contributed by atoms with Crippen LogP contribution in [0.2, 0.25) is 0 Å². The SMILES string of the molecule is CCOc1ccc(NCc2cc(I)c(OCC(=O)Nc3ccccc3)c(OC)c2)cc1. The highest BCUT2D eigenvalue weighted by Gasteiger charge is 2.14. The molecule has 0 saturated heterocycles. The highest BCUT2D eigenvalue weighted by Crippen LogP contribution is 2.34. The standard InChI is InChI=1S/C24H25IN2O4/c1-3-30-20-11-9-18(10-12-20)26-15-17-13-21(25)24(22(14-17)29-2)31-16-23(28)27-19-7-5-4-6-8-19/h4-14,26H,3,15-16H2,1-2H3,(H,27,28). The Hall–Kier alpha value is -2.94. The van der Waals surface area contributed by atoms with Crippen molar-refractivity contribution in [2.45, 2.75) is 13.5 Å². The van der Waals surface area contributed by atoms with Crippen LogP contribution in [-0.2, 0) is 11.3 Å². The predicted molar refractivity (Wildman–Crippen MR) is 131 cm³/mol. The maximum Gasteiger partial charge on any atom is 0.262 e. The van der Waals surface area contributed by atoms with Crippen LogP contribution in [-0.4, -0.2) is 26.2 Å². The zero-order valence-electron chi connectivity index (χ0n) is 17.5. The Bertz CT molecular complexity index is 994. The van der Waals surface area contributed by atoms with Crippen molar-refractivity contribution in [1.82, 2.24) is 0 Å². The number of ether oxygens (including phenoxy) is 3. The number of carbonyl (C=O) groups excluding carboxylic acids is 1. The molecule has 0 heterocycles. The summed E-state index contributed by atoms with van der Waals surface area (Å²) >= 11 is 2.19. The van der Waals surface area contributed by atoms with Gasteiger partial charge in [0.15, 0.2) is 18.1 Å². The Balaban J connectivity index is 1.60. The minimum absolute atomic E-state index is 0.106. The van der Waals surface area contributed by atoms with Gasteiger partial charge in [-0.2, -0.15) is 0 Å². The van der Waals surface area contributed by atoms with Gasteiger partial charge in [-0.25, -0.2) is 0 Å². The van der Waals surface area contributed by atoms with E-state index < -0.39 is 0 Å². The molecule has 3 rings (SSSR count). The van der Waals surface area contributed by atoms with Gasteiger partial charge in [0.25, 0.3) is 5.91 Å². The second-order valence-corrected chi connectivity index (χ2v) is 7.79. The number of hydrogen-bond donors (Lipinski definition) is 2. The summed E-state index contributed by atoms with van der Waals surface area (Å²) in [7, 11) is 1.59. The molecule has 0 bridgehead atoms. The van der Waals surface area contributed by atoms with Crippen molar-refractivity contribution in [3.05, 3.63) is 75.9 Å². The van der Waals surface area contributed by atoms with Crippen LogP contribution in [0.5, 0.6) is 17.2 Å². The number of para-hydroxylation sites is 1. The third-order valence-corrected chi connectivity index (χ3v) is 5.16. The molecule has 0 saturated carbocycles. The lowest BCUT2D eigenvalue weighted by molar-refractivity contribution is -0.118. The van der Waals surface area contributed by atoms with Gasteiger partial charge in [0.2, 0.25) is 0 Å². The lowest BCUT2D eigenvalue weighted by Gasteiger charge is -2.15. The molecule has 0 atom stereocenters. The number of hydrogen-bond acceptors (Lipinski definition) is 5. The molecule has 0 radical (unpaired) electrons. The van der Waals surface area contributed by atoms with Crippen molar-refractivity contribution >= 4 is 39.9 Å². The van der Waals surface area contributed by atoms with Crippen molar-refractivity contribution in [3.8, 4) is 17.2 Å². The second-order valence-electron chi connectivity index (χ2n) is 6.62. The molecule has 0 aromatic heterocycles. The number of nitrogens with one attached hydrogen (secondary N) is 2. The van der Waals surface area contributed by atoms with Crippen LogP contribution in [0, 0.1) is 3.57 Å². The molecule has 0 aliphatic carbocycles. The molecule has 0 aliphatic heterocycles. The molecule has 0 unspecified atom stereocenters. The van der Waals surface area contributed by atoms with E-state index in [2.05, 4.69) is 33.2 Å². The van der Waals surface area contributed by atoms with E-state index in [0.29, 0.717) is 24.7 Å². The molecule has 0 fully saturated rings. The Morgan fingerprint density at radius 3 is 2.39 bits per heavy atom. The summed E-state index contributed by atoms with van der Waals surface area (Å²) in [6.45, 7) is 3.12. The lowest BCUT2D eigenvalue weighted by atomic mass is 10.2. The van der Waals surface area contributed by atoms with Crippen LogP contribution < -0.4 is 24.8 Å². The van der Waals surface area contributed by atoms with Gasteiger partial charge in [0, 0.05) is 17.9 Å². The maximum atomic E-state index is 12.2. The molecule has 3 aromatic carbocycles. The summed E-state index contributed by atoms with van der Waals surface area (Å²) in [4.78, 5) is 12.2. The van der Waals surface area contributed by atoms with E-state index in [1.54, 1.807) is 7.11 Å². The minimum Gasteiger partial charge on any atom is -0.494 e. The molecule has 0 spiro atoms. The van der Waals surface area contributed by atoms with Crippen LogP contribution in [0.25, 0.3) is 0 Å². The molecule has 31 heavy (non-hydrogen) atoms. The quantitative estimate of drug-likeness (QED) is 0.346. The summed E-state index contributed by atoms with van der Waals surface area (Å²) in [6, 6.07) is 21.0. The molecule has 2 N–H and O–H groups in total. The fraction of sp³-hybridized carbons (Fsp3) is 0.208. The van der Waals surface area contributed by atoms with Crippen LogP contribution in [0.4, 0.5) is 11.4 Å². The van der Waals surface area contributed by atoms with Crippen molar-refractivity contribution in [1.29, 1.82) is 0 Å². The normalized spacial score (nSPS) is 10.3. The summed E-state index contributed by atoms with van der Waals surface area (Å²) in [5, 5.41) is 6.19. The molecular formula is C24H25IN2O4. The van der Waals surface area contributed by atoms with E-state index in [0.717, 1.165) is 26.3 Å². The zero-order chi connectivity index (χ0) is 22.1. The van der Waals surface area contributed by atoms with Gasteiger partial charge in [-0.3, -0.25) is 4.79 Å². The van der Waals surface area contributed by atoms with Gasteiger partial charge in [-0.15, -0.1) is 0 Å². The Morgan fingerprint density at radius 1 is 0.968 bits per heavy atom. The van der Waals surface area contributed by atoms with E-state index in [1.807, 2.05) is 73.7 Å². The fourth-order valence-electron chi connectivity index (χ4n) is 2.91. The zero-order valence-corrected chi connectivity index (χ0v) is 19.6. The van der Waals surface area contributed by atoms with Crippen molar-refractivity contribution in [2.24, 2.45) is 0 Å². The van der Waals surface area contributed by atoms with Crippen molar-refractivity contribution in [3.63, 3.8) is 0 Å². The summed E-state index contributed by atoms with van der Waals surface area (Å²) in [6.07, 6.45) is 0. The third kappa shape index (κ3) is 6.78. The van der Waals surface area contributed by atoms with Gasteiger partial charge in [-0.1, -0.05) is 18.2 Å². The topological polar surface area (TPSA) is 68.8 Å². The van der Waals surface area contributed by atoms with E-state index in [4.69, 9.17) is 14.2 Å². The largest absolute Gasteiger partial charge is 0.494 e. The second kappa shape index (κ2) is 11.5. The average Bonchev–Trinajstić information content (AvgIpc) is 2.78. The Morgan fingerprint density at radius 2 is 1.71 bits per heavy atom. The molecule has 3 aromatic rings. The number of anilines is 2. The number of rotatable bonds is 10. The lowest BCUT2D eigenvalue weighted by Crippen LogP contribution is -2.20. The Kier molecular flexibility index (Phi) is 8.40. The number of benzene rings is 3. The molecule has 162 valence electrons. The number of carbonyl (C=O) groups is 1. The first-order chi connectivity index (χ1) is 15.1. The smallest absolute Gasteiger partial charge is 0.262 e. The first-order valence-electron chi connectivity index (χ1n) is 9.90. The van der Waals surface area contributed by atoms with Crippen LogP contribution in [0.3, 0.4) is 0 Å². The van der Waals surface area contributed by atoms with Gasteiger partial charge < -0.3 is 24.8 Å². The molecule has 1 amide bonds. The third-order valence-electron chi connectivity index (χ3n) is 4.36. The maximum absolute atomic E-state index is 12.2. The highest BCUT2D eigenvalue weighted by molar-refractivity contribution is 14.1. The van der Waals surface area contributed by atoms with Gasteiger partial charge in [0.1, 0.15) is 5.75 Å². The minimum atomic E-state index is -0.231. The monoisotopic (exact) mass is 532 g/mol. The van der Waals surface area contributed by atoms with E-state index in [9.17, 15) is 4.79 Å². The van der Waals surface area contributed by atoms with E-state index >= 15 is 0 Å². The average molecular weight is 532 g/mol. The molecule has 6 nitrogen and oxygen atoms in total. The predicted octanol–water partition coefficient (Wildman–Crippen LogP) is 5.33. The molecular weight excluding hydrogens is 507 g/mol. The number of methoxy groups -OCH3 is 1.